The van der Waals surface area contributed by atoms with E-state index in [1.54, 1.807) is 18.6 Å². The predicted octanol–water partition coefficient (Wildman–Crippen LogP) is 30.9. The minimum absolute atomic E-state index is 0.335. The fraction of sp³-hybridized carbons (Fsp3) is 0. The van der Waals surface area contributed by atoms with Crippen LogP contribution in [0.1, 0.15) is 17.1 Å². The summed E-state index contributed by atoms with van der Waals surface area (Å²) in [4.78, 5) is 25.4. The molecule has 0 saturated heterocycles. The Morgan fingerprint density at radius 3 is 1.07 bits per heavy atom. The van der Waals surface area contributed by atoms with Crippen LogP contribution in [-0.4, -0.2) is 28.7 Å². The van der Waals surface area contributed by atoms with Gasteiger partial charge in [0.1, 0.15) is 35.3 Å². The number of aromatic nitrogens is 6. The highest BCUT2D eigenvalue weighted by Crippen LogP contribution is 2.50. The summed E-state index contributed by atoms with van der Waals surface area (Å²) in [6.07, 6.45) is 5.19. The molecule has 0 atom stereocenters. The molecule has 0 aliphatic rings. The fourth-order valence-corrected chi connectivity index (χ4v) is 21.6. The first-order valence-electron chi connectivity index (χ1n) is 40.7. The molecule has 15 aromatic carbocycles. The third-order valence-corrected chi connectivity index (χ3v) is 27.2. The van der Waals surface area contributed by atoms with E-state index in [0.29, 0.717) is 50.8 Å². The number of nitrogens with zero attached hydrogens (tertiary/aromatic N) is 12. The highest BCUT2D eigenvalue weighted by molar-refractivity contribution is 7.27. The van der Waals surface area contributed by atoms with Gasteiger partial charge in [-0.15, -0.1) is 34.0 Å². The summed E-state index contributed by atoms with van der Waals surface area (Å²) in [6.45, 7) is 24.5. The molecule has 0 amide bonds. The lowest BCUT2D eigenvalue weighted by Gasteiger charge is -2.13. The van der Waals surface area contributed by atoms with Crippen LogP contribution in [0.25, 0.3) is 224 Å². The summed E-state index contributed by atoms with van der Waals surface area (Å²) >= 11 is 5.44. The molecular weight excluding hydrogens is 1600 g/mol. The molecule has 24 rings (SSSR count). The van der Waals surface area contributed by atoms with Crippen molar-refractivity contribution < 1.29 is 0 Å². The molecule has 0 fully saturated rings. The SMILES string of the molecule is [C-]#[N+]c1cc(-c2cc(-c3ccccc3)cnc2C#N)ccc1-n1c2ccccc2c2c3c(ccc21)sc1ccccc13.[C-]#[N+]c1cc(-c2cc(-c3ccccc3)cnc2C#N)ccc1-n1c2ccccc2c2c3sc4ccccc4c3ccc21.[C-]#[N+]c1cc(-c2cc(-c3ccccc3)cnc2C#N)ccc1-n1c2ccccc2c2cc3sc4ccccc4c3cc21. The van der Waals surface area contributed by atoms with E-state index >= 15 is 0 Å². The van der Waals surface area contributed by atoms with E-state index in [0.717, 1.165) is 122 Å². The average Bonchev–Trinajstić information content (AvgIpc) is 1.57. The van der Waals surface area contributed by atoms with Crippen molar-refractivity contribution >= 4 is 177 Å². The third kappa shape index (κ3) is 12.5. The Balaban J connectivity index is 0.000000112. The third-order valence-electron chi connectivity index (χ3n) is 23.8. The van der Waals surface area contributed by atoms with Crippen molar-refractivity contribution in [3.63, 3.8) is 0 Å². The van der Waals surface area contributed by atoms with Crippen LogP contribution in [0.2, 0.25) is 0 Å². The zero-order chi connectivity index (χ0) is 84.6. The van der Waals surface area contributed by atoms with E-state index in [1.165, 1.54) is 71.3 Å². The van der Waals surface area contributed by atoms with Crippen molar-refractivity contribution in [2.24, 2.45) is 0 Å². The Hall–Kier alpha value is -17.3. The largest absolute Gasteiger partial charge is 0.319 e. The van der Waals surface area contributed by atoms with Crippen LogP contribution in [0.5, 0.6) is 0 Å². The second kappa shape index (κ2) is 31.1. The summed E-state index contributed by atoms with van der Waals surface area (Å²) in [5.74, 6) is 0. The van der Waals surface area contributed by atoms with Gasteiger partial charge < -0.3 is 13.7 Å². The fourth-order valence-electron chi connectivity index (χ4n) is 18.1. The summed E-state index contributed by atoms with van der Waals surface area (Å²) in [5.41, 5.74) is 21.7. The quantitative estimate of drug-likeness (QED) is 0.132. The standard InChI is InChI=1S/3C37H20N4S/c1-39-30-20-24(29-19-25(22-40-31(29)21-38)23-9-3-2-4-10-23)15-17-33(30)41-32-13-7-5-12-28(32)36-34(41)18-16-27-26-11-6-8-14-35(26)42-37(27)36;1-39-31-18-24(28-17-25(22-40-32(28)21-38)23-9-3-2-4-10-23)15-16-34(31)41-33-13-7-5-11-26(33)29-20-37-30(19-35(29)41)27-12-6-8-14-36(27)42-37;1-39-29-20-24(28-19-25(22-40-30(28)21-38)23-9-3-2-4-10-23)15-16-32(29)41-31-13-7-5-11-26(31)36-33(41)17-18-35-37(36)27-12-6-8-14-34(27)42-35/h3*2-20,22H. The van der Waals surface area contributed by atoms with Gasteiger partial charge in [0.15, 0.2) is 0 Å². The van der Waals surface area contributed by atoms with Crippen molar-refractivity contribution in [2.45, 2.75) is 0 Å². The Bertz CT molecular complexity index is 8780. The lowest BCUT2D eigenvalue weighted by Crippen LogP contribution is -1.96. The number of nitriles is 3. The number of hydrogen-bond acceptors (Lipinski definition) is 9. The summed E-state index contributed by atoms with van der Waals surface area (Å²) < 4.78 is 14.2. The maximum absolute atomic E-state index is 9.88. The second-order valence-electron chi connectivity index (χ2n) is 30.6. The summed E-state index contributed by atoms with van der Waals surface area (Å²) in [7, 11) is 0. The molecule has 15 heteroatoms. The molecule has 0 bridgehead atoms. The van der Waals surface area contributed by atoms with Gasteiger partial charge in [-0.05, 0) is 155 Å². The Kier molecular flexibility index (Phi) is 18.5. The lowest BCUT2D eigenvalue weighted by atomic mass is 9.98. The number of hydrogen-bond donors (Lipinski definition) is 0. The summed E-state index contributed by atoms with van der Waals surface area (Å²) in [5, 5.41) is 44.2. The smallest absolute Gasteiger partial charge is 0.211 e. The van der Waals surface area contributed by atoms with Crippen LogP contribution in [0.15, 0.2) is 364 Å². The number of thiophene rings is 3. The van der Waals surface area contributed by atoms with E-state index in [9.17, 15) is 15.8 Å². The molecule has 0 aliphatic carbocycles. The van der Waals surface area contributed by atoms with Gasteiger partial charge in [-0.1, -0.05) is 224 Å². The van der Waals surface area contributed by atoms with Crippen LogP contribution >= 0.6 is 34.0 Å². The average molecular weight is 1660 g/mol. The molecular formula is C111H60N12S3. The Morgan fingerprint density at radius 1 is 0.238 bits per heavy atom. The first-order valence-corrected chi connectivity index (χ1v) is 43.1. The monoisotopic (exact) mass is 1660 g/mol. The molecule has 12 nitrogen and oxygen atoms in total. The van der Waals surface area contributed by atoms with E-state index in [2.05, 4.69) is 225 Å². The van der Waals surface area contributed by atoms with Crippen LogP contribution in [0.4, 0.5) is 17.1 Å². The predicted molar refractivity (Wildman–Crippen MR) is 520 cm³/mol. The molecule has 0 radical (unpaired) electrons. The van der Waals surface area contributed by atoms with Gasteiger partial charge in [0.05, 0.1) is 69.9 Å². The van der Waals surface area contributed by atoms with Gasteiger partial charge in [-0.25, -0.2) is 29.5 Å². The molecule has 9 heterocycles. The van der Waals surface area contributed by atoms with Gasteiger partial charge in [0.25, 0.3) is 0 Å². The Labute approximate surface area is 733 Å². The zero-order valence-corrected chi connectivity index (χ0v) is 69.2. The van der Waals surface area contributed by atoms with E-state index in [4.69, 9.17) is 19.7 Å². The number of para-hydroxylation sites is 3. The molecule has 126 heavy (non-hydrogen) atoms. The first-order chi connectivity index (χ1) is 62.2. The van der Waals surface area contributed by atoms with Gasteiger partial charge in [0.2, 0.25) is 17.1 Å². The molecule has 0 unspecified atom stereocenters. The molecule has 24 aromatic rings. The number of fused-ring (bicyclic) bond motifs is 20. The van der Waals surface area contributed by atoms with Crippen molar-refractivity contribution in [1.29, 1.82) is 15.8 Å². The van der Waals surface area contributed by atoms with Gasteiger partial charge in [-0.3, -0.25) is 0 Å². The highest BCUT2D eigenvalue weighted by Gasteiger charge is 2.26. The van der Waals surface area contributed by atoms with Crippen LogP contribution < -0.4 is 0 Å². The number of benzene rings is 15. The topological polar surface area (TPSA) is 138 Å². The molecule has 0 spiro atoms. The number of pyridine rings is 3. The Morgan fingerprint density at radius 2 is 0.603 bits per heavy atom. The van der Waals surface area contributed by atoms with Crippen molar-refractivity contribution in [3.8, 4) is 102 Å². The molecule has 582 valence electrons. The maximum atomic E-state index is 9.88. The van der Waals surface area contributed by atoms with Gasteiger partial charge in [-0.2, -0.15) is 15.8 Å². The minimum Gasteiger partial charge on any atom is -0.319 e. The molecule has 9 aromatic heterocycles. The molecule has 0 saturated carbocycles. The zero-order valence-electron chi connectivity index (χ0n) is 66.7. The van der Waals surface area contributed by atoms with Gasteiger partial charge >= 0.3 is 0 Å². The lowest BCUT2D eigenvalue weighted by molar-refractivity contribution is 1.19. The normalized spacial score (nSPS) is 11.3. The van der Waals surface area contributed by atoms with Crippen molar-refractivity contribution in [3.05, 3.63) is 416 Å². The minimum atomic E-state index is 0.335. The highest BCUT2D eigenvalue weighted by atomic mass is 32.1. The van der Waals surface area contributed by atoms with E-state index in [1.807, 2.05) is 216 Å². The van der Waals surface area contributed by atoms with Gasteiger partial charge in [0, 0.05) is 145 Å². The number of rotatable bonds is 9. The van der Waals surface area contributed by atoms with Crippen LogP contribution in [-0.2, 0) is 0 Å². The van der Waals surface area contributed by atoms with Crippen molar-refractivity contribution in [2.75, 3.05) is 0 Å². The second-order valence-corrected chi connectivity index (χ2v) is 33.8. The maximum Gasteiger partial charge on any atom is 0.211 e. The van der Waals surface area contributed by atoms with Crippen LogP contribution in [0, 0.1) is 53.7 Å². The molecule has 0 aliphatic heterocycles. The molecule has 0 N–H and O–H groups in total. The summed E-state index contributed by atoms with van der Waals surface area (Å²) in [6, 6.07) is 124. The van der Waals surface area contributed by atoms with E-state index < -0.39 is 0 Å². The van der Waals surface area contributed by atoms with Crippen molar-refractivity contribution in [1.82, 2.24) is 28.7 Å². The first kappa shape index (κ1) is 75.0. The van der Waals surface area contributed by atoms with Crippen LogP contribution in [0.3, 0.4) is 0 Å². The van der Waals surface area contributed by atoms with E-state index in [-0.39, 0.29) is 0 Å².